The van der Waals surface area contributed by atoms with Gasteiger partial charge in [-0.25, -0.2) is 0 Å². The average molecular weight is 255 g/mol. The van der Waals surface area contributed by atoms with Crippen molar-refractivity contribution in [2.75, 3.05) is 6.26 Å². The molecule has 0 aromatic heterocycles. The second kappa shape index (κ2) is 5.18. The van der Waals surface area contributed by atoms with Crippen LogP contribution in [0, 0.1) is 11.3 Å². The Labute approximate surface area is 98.2 Å². The quantitative estimate of drug-likeness (QED) is 0.466. The van der Waals surface area contributed by atoms with E-state index in [9.17, 15) is 8.42 Å². The first kappa shape index (κ1) is 12.8. The molecule has 0 aliphatic heterocycles. The number of nitrogens with two attached hydrogens (primary N) is 1. The first-order valence-corrected chi connectivity index (χ1v) is 6.12. The largest absolute Gasteiger partial charge is 0.424 e. The van der Waals surface area contributed by atoms with Crippen LogP contribution in [-0.4, -0.2) is 20.7 Å². The molecule has 7 nitrogen and oxygen atoms in total. The van der Waals surface area contributed by atoms with E-state index in [1.807, 2.05) is 6.07 Å². The molecule has 90 valence electrons. The van der Waals surface area contributed by atoms with Gasteiger partial charge < -0.3 is 10.5 Å². The second-order valence-electron chi connectivity index (χ2n) is 2.95. The van der Waals surface area contributed by atoms with Crippen molar-refractivity contribution >= 4 is 16.1 Å². The summed E-state index contributed by atoms with van der Waals surface area (Å²) in [7, 11) is -3.71. The second-order valence-corrected chi connectivity index (χ2v) is 4.50. The molecule has 0 spiro atoms. The summed E-state index contributed by atoms with van der Waals surface area (Å²) in [5, 5.41) is 11.6. The van der Waals surface area contributed by atoms with Crippen molar-refractivity contribution in [2.24, 2.45) is 10.9 Å². The molecule has 8 heteroatoms. The number of nitriles is 1. The first-order valence-electron chi connectivity index (χ1n) is 4.31. The Balaban J connectivity index is 2.68. The van der Waals surface area contributed by atoms with Crippen molar-refractivity contribution in [1.82, 2.24) is 0 Å². The predicted molar refractivity (Wildman–Crippen MR) is 59.3 cm³/mol. The average Bonchev–Trinajstić information content (AvgIpc) is 2.27. The Morgan fingerprint density at radius 1 is 1.41 bits per heavy atom. The highest BCUT2D eigenvalue weighted by Crippen LogP contribution is 2.11. The molecule has 0 radical (unpaired) electrons. The number of benzene rings is 1. The number of hydrogen-bond donors (Lipinski definition) is 1. The molecule has 17 heavy (non-hydrogen) atoms. The first-order chi connectivity index (χ1) is 7.90. The van der Waals surface area contributed by atoms with Gasteiger partial charge in [0.15, 0.2) is 0 Å². The number of hydrogen-bond acceptors (Lipinski definition) is 6. The maximum Gasteiger partial charge on any atom is 0.328 e. The molecule has 0 amide bonds. The SMILES string of the molecule is CS(=O)(=O)O/N=C(\N)Oc1ccc(C#N)cc1. The van der Waals surface area contributed by atoms with Gasteiger partial charge in [0.2, 0.25) is 0 Å². The highest BCUT2D eigenvalue weighted by Gasteiger charge is 2.03. The molecule has 0 heterocycles. The molecule has 0 atom stereocenters. The Morgan fingerprint density at radius 3 is 2.47 bits per heavy atom. The molecule has 0 bridgehead atoms. The van der Waals surface area contributed by atoms with E-state index in [-0.39, 0.29) is 0 Å². The summed E-state index contributed by atoms with van der Waals surface area (Å²) in [6.45, 7) is 0. The summed E-state index contributed by atoms with van der Waals surface area (Å²) in [6, 6.07) is 7.48. The lowest BCUT2D eigenvalue weighted by Crippen LogP contribution is -2.20. The van der Waals surface area contributed by atoms with Crippen molar-refractivity contribution < 1.29 is 17.4 Å². The van der Waals surface area contributed by atoms with Gasteiger partial charge in [-0.1, -0.05) is 0 Å². The molecule has 0 saturated heterocycles. The lowest BCUT2D eigenvalue weighted by molar-refractivity contribution is 0.327. The van der Waals surface area contributed by atoms with Crippen LogP contribution in [0.3, 0.4) is 0 Å². The third-order valence-corrected chi connectivity index (χ3v) is 1.81. The fourth-order valence-electron chi connectivity index (χ4n) is 0.841. The fourth-order valence-corrected chi connectivity index (χ4v) is 1.05. The molecule has 1 rings (SSSR count). The summed E-state index contributed by atoms with van der Waals surface area (Å²) in [5.74, 6) is 0.308. The van der Waals surface area contributed by atoms with E-state index in [0.29, 0.717) is 11.3 Å². The minimum absolute atomic E-state index is 0.308. The molecule has 0 saturated carbocycles. The molecule has 1 aromatic rings. The van der Waals surface area contributed by atoms with E-state index in [0.717, 1.165) is 6.26 Å². The monoisotopic (exact) mass is 255 g/mol. The van der Waals surface area contributed by atoms with Crippen molar-refractivity contribution in [3.63, 3.8) is 0 Å². The van der Waals surface area contributed by atoms with Crippen molar-refractivity contribution in [3.8, 4) is 11.8 Å². The fraction of sp³-hybridized carbons (Fsp3) is 0.111. The highest BCUT2D eigenvalue weighted by molar-refractivity contribution is 7.85. The number of rotatable bonds is 3. The smallest absolute Gasteiger partial charge is 0.328 e. The van der Waals surface area contributed by atoms with E-state index < -0.39 is 16.1 Å². The molecular formula is C9H9N3O4S. The molecular weight excluding hydrogens is 246 g/mol. The van der Waals surface area contributed by atoms with Crippen LogP contribution in [0.2, 0.25) is 0 Å². The molecule has 0 fully saturated rings. The third kappa shape index (κ3) is 4.85. The van der Waals surface area contributed by atoms with Crippen LogP contribution in [0.25, 0.3) is 0 Å². The van der Waals surface area contributed by atoms with Gasteiger partial charge in [0.05, 0.1) is 17.9 Å². The Morgan fingerprint density at radius 2 is 2.00 bits per heavy atom. The van der Waals surface area contributed by atoms with Crippen LogP contribution in [0.5, 0.6) is 5.75 Å². The third-order valence-electron chi connectivity index (χ3n) is 1.47. The standard InChI is InChI=1S/C9H9N3O4S/c1-17(13,14)16-12-9(11)15-8-4-2-7(6-10)3-5-8/h2-5H,1H3,(H2,11,12). The minimum Gasteiger partial charge on any atom is -0.424 e. The van der Waals surface area contributed by atoms with E-state index >= 15 is 0 Å². The highest BCUT2D eigenvalue weighted by atomic mass is 32.2. The molecule has 0 unspecified atom stereocenters. The Kier molecular flexibility index (Phi) is 3.90. The zero-order valence-corrected chi connectivity index (χ0v) is 9.64. The van der Waals surface area contributed by atoms with Gasteiger partial charge in [-0.2, -0.15) is 13.7 Å². The van der Waals surface area contributed by atoms with Gasteiger partial charge in [0.25, 0.3) is 0 Å². The van der Waals surface area contributed by atoms with Gasteiger partial charge in [-0.3, -0.25) is 4.28 Å². The van der Waals surface area contributed by atoms with Crippen LogP contribution in [0.15, 0.2) is 29.4 Å². The van der Waals surface area contributed by atoms with Crippen LogP contribution in [-0.2, 0) is 14.4 Å². The summed E-state index contributed by atoms with van der Waals surface area (Å²) >= 11 is 0. The van der Waals surface area contributed by atoms with Crippen LogP contribution in [0.4, 0.5) is 0 Å². The van der Waals surface area contributed by atoms with E-state index in [1.165, 1.54) is 24.3 Å². The number of nitrogens with zero attached hydrogens (tertiary/aromatic N) is 2. The van der Waals surface area contributed by atoms with E-state index in [1.54, 1.807) is 0 Å². The van der Waals surface area contributed by atoms with E-state index in [4.69, 9.17) is 15.7 Å². The van der Waals surface area contributed by atoms with Gasteiger partial charge in [0, 0.05) is 0 Å². The molecule has 2 N–H and O–H groups in total. The van der Waals surface area contributed by atoms with Crippen LogP contribution >= 0.6 is 0 Å². The van der Waals surface area contributed by atoms with Crippen molar-refractivity contribution in [1.29, 1.82) is 5.26 Å². The summed E-state index contributed by atoms with van der Waals surface area (Å²) in [5.41, 5.74) is 5.72. The number of oxime groups is 1. The van der Waals surface area contributed by atoms with Crippen LogP contribution in [0.1, 0.15) is 5.56 Å². The lowest BCUT2D eigenvalue weighted by atomic mass is 10.2. The predicted octanol–water partition coefficient (Wildman–Crippen LogP) is 0.143. The van der Waals surface area contributed by atoms with Crippen molar-refractivity contribution in [2.45, 2.75) is 0 Å². The van der Waals surface area contributed by atoms with Gasteiger partial charge in [-0.05, 0) is 29.4 Å². The zero-order valence-electron chi connectivity index (χ0n) is 8.82. The maximum absolute atomic E-state index is 10.6. The maximum atomic E-state index is 10.6. The zero-order chi connectivity index (χ0) is 12.9. The number of ether oxygens (including phenoxy) is 1. The lowest BCUT2D eigenvalue weighted by Gasteiger charge is -2.03. The Hall–Kier alpha value is -2.27. The molecule has 0 aliphatic carbocycles. The number of amidine groups is 1. The Bertz CT molecular complexity index is 557. The van der Waals surface area contributed by atoms with Crippen molar-refractivity contribution in [3.05, 3.63) is 29.8 Å². The summed E-state index contributed by atoms with van der Waals surface area (Å²) in [6.07, 6.45) is 0.825. The van der Waals surface area contributed by atoms with E-state index in [2.05, 4.69) is 9.44 Å². The van der Waals surface area contributed by atoms with Gasteiger partial charge in [0.1, 0.15) is 5.75 Å². The molecule has 1 aromatic carbocycles. The van der Waals surface area contributed by atoms with Gasteiger partial charge in [-0.15, -0.1) is 0 Å². The molecule has 0 aliphatic rings. The summed E-state index contributed by atoms with van der Waals surface area (Å²) in [4.78, 5) is 0. The van der Waals surface area contributed by atoms with Gasteiger partial charge >= 0.3 is 16.1 Å². The van der Waals surface area contributed by atoms with Crippen LogP contribution < -0.4 is 10.5 Å². The normalized spacial score (nSPS) is 11.6. The topological polar surface area (TPSA) is 115 Å². The summed E-state index contributed by atoms with van der Waals surface area (Å²) < 4.78 is 30.2. The minimum atomic E-state index is -3.71.